The van der Waals surface area contributed by atoms with Crippen LogP contribution < -0.4 is 10.2 Å². The molecule has 27 heavy (non-hydrogen) atoms. The molecule has 148 valence electrons. The van der Waals surface area contributed by atoms with Crippen molar-refractivity contribution in [3.05, 3.63) is 33.9 Å². The Balaban J connectivity index is 1.92. The smallest absolute Gasteiger partial charge is 0.494 e. The van der Waals surface area contributed by atoms with Crippen molar-refractivity contribution in [2.75, 3.05) is 19.7 Å². The second-order valence-electron chi connectivity index (χ2n) is 7.41. The Hall–Kier alpha value is -2.33. The minimum Gasteiger partial charge on any atom is -0.494 e. The van der Waals surface area contributed by atoms with Crippen molar-refractivity contribution in [3.8, 4) is 5.75 Å². The maximum atomic E-state index is 11.3. The number of nitrogens with zero attached hydrogens (tertiary/aromatic N) is 2. The first-order valence-electron chi connectivity index (χ1n) is 8.82. The monoisotopic (exact) mass is 380 g/mol. The number of hydrogen-bond acceptors (Lipinski definition) is 6. The van der Waals surface area contributed by atoms with Crippen LogP contribution in [-0.2, 0) is 4.65 Å². The molecule has 0 saturated carbocycles. The van der Waals surface area contributed by atoms with Crippen LogP contribution in [0, 0.1) is 10.1 Å². The van der Waals surface area contributed by atoms with E-state index < -0.39 is 36.3 Å². The zero-order valence-corrected chi connectivity index (χ0v) is 15.8. The molecule has 0 fully saturated rings. The molecule has 1 unspecified atom stereocenters. The van der Waals surface area contributed by atoms with Crippen molar-refractivity contribution in [3.63, 3.8) is 0 Å². The lowest BCUT2D eigenvalue weighted by Crippen LogP contribution is -2.45. The highest BCUT2D eigenvalue weighted by molar-refractivity contribution is 6.62. The predicted octanol–water partition coefficient (Wildman–Crippen LogP) is 1.66. The number of benzene rings is 1. The molecular weight excluding hydrogens is 355 g/mol. The quantitative estimate of drug-likeness (QED) is 0.304. The van der Waals surface area contributed by atoms with Crippen molar-refractivity contribution in [2.24, 2.45) is 0 Å². The summed E-state index contributed by atoms with van der Waals surface area (Å²) in [7, 11) is -1.26. The second kappa shape index (κ2) is 8.58. The molecule has 0 radical (unpaired) electrons. The van der Waals surface area contributed by atoms with Crippen LogP contribution >= 0.6 is 0 Å². The first-order valence-corrected chi connectivity index (χ1v) is 8.82. The van der Waals surface area contributed by atoms with E-state index in [9.17, 15) is 25.0 Å². The van der Waals surface area contributed by atoms with Gasteiger partial charge in [0.2, 0.25) is 6.54 Å². The topological polar surface area (TPSA) is 122 Å². The van der Waals surface area contributed by atoms with Crippen molar-refractivity contribution < 1.29 is 29.2 Å². The van der Waals surface area contributed by atoms with Crippen LogP contribution in [0.5, 0.6) is 5.75 Å². The third-order valence-electron chi connectivity index (χ3n) is 4.38. The standard InChI is InChI=1S/C17H25BN2O7/c1-17(2,3)19(16(21)22)9-4-5-10-26-13-8-6-7-12-14(11-20(24)25)27-18(23)15(12)13/h6-8,14,23H,4-5,9-11H2,1-3H3,(H,21,22). The van der Waals surface area contributed by atoms with Gasteiger partial charge in [0.25, 0.3) is 0 Å². The molecule has 1 aliphatic heterocycles. The van der Waals surface area contributed by atoms with Gasteiger partial charge in [0, 0.05) is 22.5 Å². The number of nitro groups is 1. The van der Waals surface area contributed by atoms with Crippen LogP contribution in [0.3, 0.4) is 0 Å². The first-order chi connectivity index (χ1) is 12.6. The molecule has 0 saturated heterocycles. The van der Waals surface area contributed by atoms with Crippen LogP contribution in [0.1, 0.15) is 45.3 Å². The summed E-state index contributed by atoms with van der Waals surface area (Å²) in [4.78, 5) is 22.9. The van der Waals surface area contributed by atoms with Crippen LogP contribution in [0.2, 0.25) is 0 Å². The Morgan fingerprint density at radius 2 is 2.11 bits per heavy atom. The van der Waals surface area contributed by atoms with Crippen LogP contribution in [0.25, 0.3) is 0 Å². The normalized spacial score (nSPS) is 16.1. The van der Waals surface area contributed by atoms with E-state index in [-0.39, 0.29) is 0 Å². The average molecular weight is 380 g/mol. The van der Waals surface area contributed by atoms with Crippen LogP contribution in [-0.4, -0.2) is 58.4 Å². The molecule has 1 aromatic carbocycles. The minimum absolute atomic E-state index is 0.334. The molecule has 1 amide bonds. The molecule has 1 atom stereocenters. The minimum atomic E-state index is -1.26. The molecule has 1 aromatic rings. The Morgan fingerprint density at radius 3 is 2.70 bits per heavy atom. The number of hydrogen-bond donors (Lipinski definition) is 2. The number of amides is 1. The summed E-state index contributed by atoms with van der Waals surface area (Å²) in [5.74, 6) is 0.428. The SMILES string of the molecule is CC(C)(C)N(CCCCOc1cccc2c1B(O)OC2C[N+](=O)[O-])C(=O)O. The lowest BCUT2D eigenvalue weighted by Gasteiger charge is -2.33. The maximum Gasteiger partial charge on any atom is 0.496 e. The molecule has 9 nitrogen and oxygen atoms in total. The number of fused-ring (bicyclic) bond motifs is 1. The van der Waals surface area contributed by atoms with Crippen LogP contribution in [0.4, 0.5) is 4.79 Å². The summed E-state index contributed by atoms with van der Waals surface area (Å²) in [6.45, 7) is 5.83. The van der Waals surface area contributed by atoms with E-state index in [0.717, 1.165) is 0 Å². The van der Waals surface area contributed by atoms with Gasteiger partial charge in [0.1, 0.15) is 11.9 Å². The number of carbonyl (C=O) groups is 1. The van der Waals surface area contributed by atoms with Gasteiger partial charge in [-0.05, 0) is 45.2 Å². The molecule has 10 heteroatoms. The van der Waals surface area contributed by atoms with Gasteiger partial charge in [0.15, 0.2) is 0 Å². The summed E-state index contributed by atoms with van der Waals surface area (Å²) in [6, 6.07) is 5.06. The molecule has 1 aliphatic rings. The number of unbranched alkanes of at least 4 members (excludes halogenated alkanes) is 1. The second-order valence-corrected chi connectivity index (χ2v) is 7.41. The number of carboxylic acid groups (broad SMARTS) is 1. The Kier molecular flexibility index (Phi) is 6.66. The van der Waals surface area contributed by atoms with Gasteiger partial charge in [-0.15, -0.1) is 0 Å². The summed E-state index contributed by atoms with van der Waals surface area (Å²) in [5, 5.41) is 30.1. The van der Waals surface area contributed by atoms with Gasteiger partial charge >= 0.3 is 13.2 Å². The molecule has 2 rings (SSSR count). The number of rotatable bonds is 8. The summed E-state index contributed by atoms with van der Waals surface area (Å²) < 4.78 is 11.0. The summed E-state index contributed by atoms with van der Waals surface area (Å²) in [6.07, 6.45) is -0.508. The average Bonchev–Trinajstić information content (AvgIpc) is 2.85. The highest BCUT2D eigenvalue weighted by Crippen LogP contribution is 2.28. The molecule has 0 spiro atoms. The van der Waals surface area contributed by atoms with Gasteiger partial charge in [-0.3, -0.25) is 10.1 Å². The zero-order chi connectivity index (χ0) is 20.2. The molecule has 0 bridgehead atoms. The fraction of sp³-hybridized carbons (Fsp3) is 0.588. The fourth-order valence-electron chi connectivity index (χ4n) is 3.08. The maximum absolute atomic E-state index is 11.3. The van der Waals surface area contributed by atoms with Gasteiger partial charge in [-0.1, -0.05) is 12.1 Å². The van der Waals surface area contributed by atoms with Crippen molar-refractivity contribution in [2.45, 2.75) is 45.3 Å². The lowest BCUT2D eigenvalue weighted by atomic mass is 9.78. The lowest BCUT2D eigenvalue weighted by molar-refractivity contribution is -0.490. The van der Waals surface area contributed by atoms with Crippen molar-refractivity contribution >= 4 is 18.7 Å². The Morgan fingerprint density at radius 1 is 1.41 bits per heavy atom. The number of ether oxygens (including phenoxy) is 1. The van der Waals surface area contributed by atoms with E-state index in [1.54, 1.807) is 18.2 Å². The van der Waals surface area contributed by atoms with E-state index in [2.05, 4.69) is 0 Å². The van der Waals surface area contributed by atoms with Gasteiger partial charge < -0.3 is 24.4 Å². The Labute approximate surface area is 158 Å². The third-order valence-corrected chi connectivity index (χ3v) is 4.38. The third kappa shape index (κ3) is 5.33. The largest absolute Gasteiger partial charge is 0.496 e. The summed E-state index contributed by atoms with van der Waals surface area (Å²) >= 11 is 0. The van der Waals surface area contributed by atoms with E-state index in [1.165, 1.54) is 4.90 Å². The van der Waals surface area contributed by atoms with E-state index >= 15 is 0 Å². The summed E-state index contributed by atoms with van der Waals surface area (Å²) in [5.41, 5.74) is 0.508. The first kappa shape index (κ1) is 21.0. The zero-order valence-electron chi connectivity index (χ0n) is 15.8. The molecule has 2 N–H and O–H groups in total. The molecular formula is C17H25BN2O7. The highest BCUT2D eigenvalue weighted by atomic mass is 16.6. The van der Waals surface area contributed by atoms with Gasteiger partial charge in [0.05, 0.1) is 6.61 Å². The highest BCUT2D eigenvalue weighted by Gasteiger charge is 2.40. The Bertz CT molecular complexity index is 692. The fourth-order valence-corrected chi connectivity index (χ4v) is 3.08. The van der Waals surface area contributed by atoms with E-state index in [0.29, 0.717) is 42.8 Å². The van der Waals surface area contributed by atoms with Gasteiger partial charge in [-0.2, -0.15) is 0 Å². The van der Waals surface area contributed by atoms with Crippen molar-refractivity contribution in [1.29, 1.82) is 0 Å². The molecule has 0 aromatic heterocycles. The van der Waals surface area contributed by atoms with E-state index in [4.69, 9.17) is 9.39 Å². The molecule has 0 aliphatic carbocycles. The van der Waals surface area contributed by atoms with E-state index in [1.807, 2.05) is 20.8 Å². The van der Waals surface area contributed by atoms with Crippen LogP contribution in [0.15, 0.2) is 18.2 Å². The predicted molar refractivity (Wildman–Crippen MR) is 98.9 cm³/mol. The van der Waals surface area contributed by atoms with Gasteiger partial charge in [-0.25, -0.2) is 4.79 Å². The van der Waals surface area contributed by atoms with Crippen molar-refractivity contribution in [1.82, 2.24) is 4.90 Å². The molecule has 1 heterocycles.